The second-order valence-corrected chi connectivity index (χ2v) is 4.76. The molecule has 0 N–H and O–H groups in total. The van der Waals surface area contributed by atoms with E-state index in [1.54, 1.807) is 0 Å². The molecule has 0 spiro atoms. The fourth-order valence-electron chi connectivity index (χ4n) is 2.17. The maximum absolute atomic E-state index is 9.19. The van der Waals surface area contributed by atoms with Crippen LogP contribution in [0.4, 0.5) is 0 Å². The van der Waals surface area contributed by atoms with E-state index in [4.69, 9.17) is 0 Å². The normalized spacial score (nSPS) is 11.8. The molecule has 0 aliphatic carbocycles. The van der Waals surface area contributed by atoms with Gasteiger partial charge in [0.15, 0.2) is 0 Å². The van der Waals surface area contributed by atoms with Crippen LogP contribution in [0.5, 0.6) is 0 Å². The predicted molar refractivity (Wildman–Crippen MR) is 89.3 cm³/mol. The zero-order valence-corrected chi connectivity index (χ0v) is 12.1. The first-order chi connectivity index (χ1) is 10.2. The molecule has 0 bridgehead atoms. The van der Waals surface area contributed by atoms with Gasteiger partial charge in [-0.2, -0.15) is 5.26 Å². The van der Waals surface area contributed by atoms with E-state index in [1.165, 1.54) is 0 Å². The Morgan fingerprint density at radius 1 is 1.00 bits per heavy atom. The average Bonchev–Trinajstić information content (AvgIpc) is 2.55. The molecule has 0 aliphatic heterocycles. The van der Waals surface area contributed by atoms with E-state index in [-0.39, 0.29) is 0 Å². The highest BCUT2D eigenvalue weighted by Crippen LogP contribution is 2.26. The van der Waals surface area contributed by atoms with E-state index in [2.05, 4.69) is 12.6 Å². The van der Waals surface area contributed by atoms with Crippen LogP contribution in [0.1, 0.15) is 18.1 Å². The highest BCUT2D eigenvalue weighted by molar-refractivity contribution is 5.86. The van der Waals surface area contributed by atoms with Gasteiger partial charge in [0, 0.05) is 5.57 Å². The van der Waals surface area contributed by atoms with E-state index in [1.807, 2.05) is 79.7 Å². The lowest BCUT2D eigenvalue weighted by Crippen LogP contribution is -1.90. The Bertz CT molecular complexity index is 713. The predicted octanol–water partition coefficient (Wildman–Crippen LogP) is 5.25. The zero-order valence-electron chi connectivity index (χ0n) is 12.1. The molecule has 0 amide bonds. The quantitative estimate of drug-likeness (QED) is 0.550. The second-order valence-electron chi connectivity index (χ2n) is 4.76. The Balaban J connectivity index is 2.42. The molecule has 0 heterocycles. The third-order valence-electron chi connectivity index (χ3n) is 3.22. The lowest BCUT2D eigenvalue weighted by Gasteiger charge is -2.08. The topological polar surface area (TPSA) is 23.8 Å². The molecule has 0 aromatic heterocycles. The van der Waals surface area contributed by atoms with Crippen LogP contribution in [0.25, 0.3) is 11.6 Å². The van der Waals surface area contributed by atoms with Crippen LogP contribution in [-0.4, -0.2) is 0 Å². The van der Waals surface area contributed by atoms with Crippen molar-refractivity contribution in [3.05, 3.63) is 95.6 Å². The molecular formula is C20H17N. The van der Waals surface area contributed by atoms with Crippen molar-refractivity contribution in [1.82, 2.24) is 0 Å². The molecule has 1 nitrogen and oxygen atoms in total. The lowest BCUT2D eigenvalue weighted by atomic mass is 9.94. The van der Waals surface area contributed by atoms with Crippen LogP contribution in [0, 0.1) is 11.3 Å². The zero-order chi connectivity index (χ0) is 15.1. The highest BCUT2D eigenvalue weighted by Gasteiger charge is 2.07. The average molecular weight is 271 g/mol. The summed E-state index contributed by atoms with van der Waals surface area (Å²) in [5.74, 6) is 0. The van der Waals surface area contributed by atoms with E-state index < -0.39 is 0 Å². The molecule has 21 heavy (non-hydrogen) atoms. The third kappa shape index (κ3) is 3.81. The van der Waals surface area contributed by atoms with E-state index >= 15 is 0 Å². The first-order valence-corrected chi connectivity index (χ1v) is 6.81. The SMILES string of the molecule is C=C(C#N)C(=C(C)C=Cc1ccccc1)c1ccccc1. The maximum atomic E-state index is 9.19. The summed E-state index contributed by atoms with van der Waals surface area (Å²) in [7, 11) is 0. The molecular weight excluding hydrogens is 254 g/mol. The van der Waals surface area contributed by atoms with Gasteiger partial charge in [-0.25, -0.2) is 0 Å². The van der Waals surface area contributed by atoms with Crippen LogP contribution in [0.15, 0.2) is 84.5 Å². The van der Waals surface area contributed by atoms with Crippen LogP contribution in [0.3, 0.4) is 0 Å². The number of hydrogen-bond acceptors (Lipinski definition) is 1. The fourth-order valence-corrected chi connectivity index (χ4v) is 2.17. The van der Waals surface area contributed by atoms with Crippen LogP contribution >= 0.6 is 0 Å². The van der Waals surface area contributed by atoms with Gasteiger partial charge in [0.2, 0.25) is 0 Å². The largest absolute Gasteiger partial charge is 0.192 e. The Labute approximate surface area is 126 Å². The third-order valence-corrected chi connectivity index (χ3v) is 3.22. The summed E-state index contributed by atoms with van der Waals surface area (Å²) in [5.41, 5.74) is 4.55. The molecule has 0 radical (unpaired) electrons. The summed E-state index contributed by atoms with van der Waals surface area (Å²) in [6, 6.07) is 22.1. The summed E-state index contributed by atoms with van der Waals surface area (Å²) >= 11 is 0. The molecule has 0 aliphatic rings. The van der Waals surface area contributed by atoms with E-state index in [0.29, 0.717) is 5.57 Å². The first kappa shape index (κ1) is 14.6. The molecule has 2 rings (SSSR count). The van der Waals surface area contributed by atoms with Gasteiger partial charge >= 0.3 is 0 Å². The van der Waals surface area contributed by atoms with Gasteiger partial charge in [-0.05, 0) is 23.6 Å². The molecule has 0 atom stereocenters. The second kappa shape index (κ2) is 7.07. The van der Waals surface area contributed by atoms with Crippen molar-refractivity contribution in [2.75, 3.05) is 0 Å². The molecule has 0 saturated carbocycles. The van der Waals surface area contributed by atoms with Crippen molar-refractivity contribution in [2.45, 2.75) is 6.92 Å². The smallest absolute Gasteiger partial charge is 0.0991 e. The summed E-state index contributed by atoms with van der Waals surface area (Å²) in [6.45, 7) is 5.88. The number of hydrogen-bond donors (Lipinski definition) is 0. The minimum atomic E-state index is 0.483. The molecule has 2 aromatic carbocycles. The van der Waals surface area contributed by atoms with Gasteiger partial charge in [-0.15, -0.1) is 0 Å². The van der Waals surface area contributed by atoms with Crippen molar-refractivity contribution in [3.63, 3.8) is 0 Å². The van der Waals surface area contributed by atoms with Gasteiger partial charge in [0.05, 0.1) is 11.6 Å². The number of nitriles is 1. The van der Waals surface area contributed by atoms with Crippen molar-refractivity contribution in [2.24, 2.45) is 0 Å². The van der Waals surface area contributed by atoms with Gasteiger partial charge in [0.25, 0.3) is 0 Å². The fraction of sp³-hybridized carbons (Fsp3) is 0.0500. The maximum Gasteiger partial charge on any atom is 0.0991 e. The van der Waals surface area contributed by atoms with Crippen molar-refractivity contribution in [3.8, 4) is 6.07 Å². The molecule has 0 saturated heterocycles. The molecule has 102 valence electrons. The Morgan fingerprint density at radius 2 is 1.57 bits per heavy atom. The van der Waals surface area contributed by atoms with Crippen molar-refractivity contribution >= 4 is 11.6 Å². The number of rotatable bonds is 4. The van der Waals surface area contributed by atoms with Gasteiger partial charge in [-0.1, -0.05) is 79.4 Å². The van der Waals surface area contributed by atoms with Crippen molar-refractivity contribution in [1.29, 1.82) is 5.26 Å². The summed E-state index contributed by atoms with van der Waals surface area (Å²) in [5, 5.41) is 9.19. The summed E-state index contributed by atoms with van der Waals surface area (Å²) < 4.78 is 0. The number of allylic oxidation sites excluding steroid dienone is 4. The Morgan fingerprint density at radius 3 is 2.14 bits per heavy atom. The standard InChI is InChI=1S/C20H17N/c1-16(13-14-18-9-5-3-6-10-18)20(17(2)15-21)19-11-7-4-8-12-19/h3-14H,2H2,1H3. The molecule has 0 unspecified atom stereocenters. The van der Waals surface area contributed by atoms with E-state index in [9.17, 15) is 5.26 Å². The van der Waals surface area contributed by atoms with Gasteiger partial charge < -0.3 is 0 Å². The van der Waals surface area contributed by atoms with E-state index in [0.717, 1.165) is 22.3 Å². The minimum Gasteiger partial charge on any atom is -0.192 e. The minimum absolute atomic E-state index is 0.483. The van der Waals surface area contributed by atoms with Gasteiger partial charge in [-0.3, -0.25) is 0 Å². The summed E-state index contributed by atoms with van der Waals surface area (Å²) in [4.78, 5) is 0. The molecule has 2 aromatic rings. The van der Waals surface area contributed by atoms with Gasteiger partial charge in [0.1, 0.15) is 0 Å². The summed E-state index contributed by atoms with van der Waals surface area (Å²) in [6.07, 6.45) is 4.07. The van der Waals surface area contributed by atoms with Crippen LogP contribution in [-0.2, 0) is 0 Å². The Hall–Kier alpha value is -2.85. The molecule has 1 heteroatoms. The highest BCUT2D eigenvalue weighted by atomic mass is 14.3. The molecule has 0 fully saturated rings. The lowest BCUT2D eigenvalue weighted by molar-refractivity contribution is 1.45. The Kier molecular flexibility index (Phi) is 4.90. The number of benzene rings is 2. The van der Waals surface area contributed by atoms with Crippen LogP contribution < -0.4 is 0 Å². The monoisotopic (exact) mass is 271 g/mol. The first-order valence-electron chi connectivity index (χ1n) is 6.81. The van der Waals surface area contributed by atoms with Crippen LogP contribution in [0.2, 0.25) is 0 Å². The van der Waals surface area contributed by atoms with Crippen molar-refractivity contribution < 1.29 is 0 Å². The number of nitrogens with zero attached hydrogens (tertiary/aromatic N) is 1.